The van der Waals surface area contributed by atoms with Crippen LogP contribution >= 0.6 is 0 Å². The average Bonchev–Trinajstić information content (AvgIpc) is 3.56. The summed E-state index contributed by atoms with van der Waals surface area (Å²) in [6, 6.07) is 8.28. The highest BCUT2D eigenvalue weighted by Crippen LogP contribution is 2.34. The van der Waals surface area contributed by atoms with Gasteiger partial charge in [-0.2, -0.15) is 5.10 Å². The second kappa shape index (κ2) is 6.73. The number of amides is 2. The summed E-state index contributed by atoms with van der Waals surface area (Å²) in [6.45, 7) is 1.35. The first kappa shape index (κ1) is 18.2. The molecule has 8 nitrogen and oxygen atoms in total. The Hall–Kier alpha value is -3.55. The molecule has 2 aliphatic heterocycles. The number of hydrogen-bond donors (Lipinski definition) is 1. The lowest BCUT2D eigenvalue weighted by molar-refractivity contribution is -0.129. The van der Waals surface area contributed by atoms with Crippen LogP contribution in [0.15, 0.2) is 49.1 Å². The SMILES string of the molecule is Cn1ccn2ncc(C(=O)N3CC[C@H]4[C@@H]3CC(=O)N4CCc3c[nH]c4ccccc34)c12. The summed E-state index contributed by atoms with van der Waals surface area (Å²) < 4.78 is 3.62. The lowest BCUT2D eigenvalue weighted by Crippen LogP contribution is -2.40. The van der Waals surface area contributed by atoms with E-state index in [1.54, 1.807) is 10.7 Å². The minimum atomic E-state index is -0.0572. The number of benzene rings is 1. The number of fused-ring (bicyclic) bond motifs is 3. The van der Waals surface area contributed by atoms with Gasteiger partial charge in [0, 0.05) is 56.1 Å². The van der Waals surface area contributed by atoms with E-state index in [0.29, 0.717) is 25.1 Å². The van der Waals surface area contributed by atoms with Gasteiger partial charge < -0.3 is 19.4 Å². The zero-order valence-electron chi connectivity index (χ0n) is 17.4. The molecule has 2 atom stereocenters. The predicted molar refractivity (Wildman–Crippen MR) is 116 cm³/mol. The van der Waals surface area contributed by atoms with Crippen LogP contribution in [0.5, 0.6) is 0 Å². The van der Waals surface area contributed by atoms with E-state index in [9.17, 15) is 9.59 Å². The van der Waals surface area contributed by atoms with Crippen LogP contribution in [-0.4, -0.2) is 66.0 Å². The maximum absolute atomic E-state index is 13.3. The number of para-hydroxylation sites is 1. The quantitative estimate of drug-likeness (QED) is 0.554. The normalized spacial score (nSPS) is 21.0. The molecule has 3 aromatic heterocycles. The fourth-order valence-corrected chi connectivity index (χ4v) is 5.41. The van der Waals surface area contributed by atoms with Crippen LogP contribution in [0.2, 0.25) is 0 Å². The zero-order valence-corrected chi connectivity index (χ0v) is 17.4. The van der Waals surface area contributed by atoms with Crippen LogP contribution in [0.1, 0.15) is 28.8 Å². The Labute approximate surface area is 179 Å². The van der Waals surface area contributed by atoms with E-state index in [1.165, 1.54) is 10.9 Å². The van der Waals surface area contributed by atoms with Crippen molar-refractivity contribution < 1.29 is 9.59 Å². The van der Waals surface area contributed by atoms with Crippen molar-refractivity contribution >= 4 is 28.4 Å². The Bertz CT molecular complexity index is 1310. The molecule has 0 aliphatic carbocycles. The summed E-state index contributed by atoms with van der Waals surface area (Å²) >= 11 is 0. The lowest BCUT2D eigenvalue weighted by atomic mass is 10.1. The molecule has 2 aliphatic rings. The van der Waals surface area contributed by atoms with E-state index >= 15 is 0 Å². The molecule has 4 aromatic rings. The second-order valence-electron chi connectivity index (χ2n) is 8.56. The van der Waals surface area contributed by atoms with Gasteiger partial charge in [-0.3, -0.25) is 9.59 Å². The Morgan fingerprint density at radius 2 is 2.10 bits per heavy atom. The average molecular weight is 416 g/mol. The molecule has 1 N–H and O–H groups in total. The highest BCUT2D eigenvalue weighted by atomic mass is 16.2. The molecule has 31 heavy (non-hydrogen) atoms. The van der Waals surface area contributed by atoms with Gasteiger partial charge in [-0.05, 0) is 24.5 Å². The molecule has 2 saturated heterocycles. The third-order valence-corrected chi connectivity index (χ3v) is 6.94. The molecule has 5 heterocycles. The van der Waals surface area contributed by atoms with Crippen LogP contribution < -0.4 is 0 Å². The van der Waals surface area contributed by atoms with Gasteiger partial charge in [0.1, 0.15) is 11.2 Å². The van der Waals surface area contributed by atoms with Gasteiger partial charge >= 0.3 is 0 Å². The van der Waals surface area contributed by atoms with Crippen molar-refractivity contribution in [2.75, 3.05) is 13.1 Å². The molecule has 2 fully saturated rings. The minimum absolute atomic E-state index is 0.0319. The van der Waals surface area contributed by atoms with Gasteiger partial charge in [-0.25, -0.2) is 4.52 Å². The van der Waals surface area contributed by atoms with Crippen LogP contribution in [0, 0.1) is 0 Å². The van der Waals surface area contributed by atoms with Crippen molar-refractivity contribution in [1.29, 1.82) is 0 Å². The monoisotopic (exact) mass is 416 g/mol. The number of rotatable bonds is 4. The highest BCUT2D eigenvalue weighted by molar-refractivity contribution is 6.00. The zero-order chi connectivity index (χ0) is 21.1. The van der Waals surface area contributed by atoms with Crippen LogP contribution in [0.3, 0.4) is 0 Å². The first-order valence-electron chi connectivity index (χ1n) is 10.8. The molecule has 0 unspecified atom stereocenters. The predicted octanol–water partition coefficient (Wildman–Crippen LogP) is 2.21. The first-order chi connectivity index (χ1) is 15.1. The molecular formula is C23H24N6O2. The van der Waals surface area contributed by atoms with Crippen LogP contribution in [0.4, 0.5) is 0 Å². The van der Waals surface area contributed by atoms with Crippen molar-refractivity contribution in [2.45, 2.75) is 31.3 Å². The third-order valence-electron chi connectivity index (χ3n) is 6.94. The Kier molecular flexibility index (Phi) is 3.96. The smallest absolute Gasteiger partial charge is 0.259 e. The molecular weight excluding hydrogens is 392 g/mol. The fourth-order valence-electron chi connectivity index (χ4n) is 5.41. The number of carbonyl (C=O) groups is 2. The van der Waals surface area contributed by atoms with Crippen molar-refractivity contribution in [1.82, 2.24) is 29.0 Å². The van der Waals surface area contributed by atoms with Gasteiger partial charge in [0.15, 0.2) is 0 Å². The molecule has 0 bridgehead atoms. The highest BCUT2D eigenvalue weighted by Gasteiger charge is 2.48. The Balaban J connectivity index is 1.21. The minimum Gasteiger partial charge on any atom is -0.361 e. The van der Waals surface area contributed by atoms with Crippen molar-refractivity contribution in [3.8, 4) is 0 Å². The van der Waals surface area contributed by atoms with Crippen molar-refractivity contribution in [2.24, 2.45) is 7.05 Å². The van der Waals surface area contributed by atoms with E-state index in [0.717, 1.165) is 24.0 Å². The largest absolute Gasteiger partial charge is 0.361 e. The summed E-state index contributed by atoms with van der Waals surface area (Å²) in [7, 11) is 1.91. The summed E-state index contributed by atoms with van der Waals surface area (Å²) in [6.07, 6.45) is 9.44. The van der Waals surface area contributed by atoms with Gasteiger partial charge in [-0.15, -0.1) is 0 Å². The summed E-state index contributed by atoms with van der Waals surface area (Å²) in [4.78, 5) is 33.4. The number of imidazole rings is 1. The van der Waals surface area contributed by atoms with Crippen LogP contribution in [0.25, 0.3) is 16.6 Å². The number of aromatic amines is 1. The number of aryl methyl sites for hydroxylation is 1. The van der Waals surface area contributed by atoms with Gasteiger partial charge in [0.25, 0.3) is 5.91 Å². The molecule has 2 amide bonds. The number of hydrogen-bond acceptors (Lipinski definition) is 3. The topological polar surface area (TPSA) is 78.6 Å². The van der Waals surface area contributed by atoms with Gasteiger partial charge in [-0.1, -0.05) is 18.2 Å². The van der Waals surface area contributed by atoms with Gasteiger partial charge in [0.2, 0.25) is 5.91 Å². The van der Waals surface area contributed by atoms with E-state index in [4.69, 9.17) is 0 Å². The maximum Gasteiger partial charge on any atom is 0.259 e. The molecule has 0 spiro atoms. The first-order valence-corrected chi connectivity index (χ1v) is 10.8. The van der Waals surface area contributed by atoms with Crippen molar-refractivity contribution in [3.05, 3.63) is 60.2 Å². The van der Waals surface area contributed by atoms with Crippen LogP contribution in [-0.2, 0) is 18.3 Å². The van der Waals surface area contributed by atoms with E-state index in [1.807, 2.05) is 52.1 Å². The number of likely N-dealkylation sites (tertiary alicyclic amines) is 2. The van der Waals surface area contributed by atoms with E-state index in [2.05, 4.69) is 22.2 Å². The Morgan fingerprint density at radius 3 is 3.00 bits per heavy atom. The van der Waals surface area contributed by atoms with E-state index in [-0.39, 0.29) is 23.9 Å². The molecule has 158 valence electrons. The standard InChI is InChI=1S/C23H24N6O2/c1-26-10-11-29-22(26)17(14-25-29)23(31)28-9-7-19-20(28)12-21(30)27(19)8-6-15-13-24-18-5-3-2-4-16(15)18/h2-5,10-11,13-14,19-20,24H,6-9,12H2,1H3/t19-,20-/m0/s1. The molecule has 8 heteroatoms. The molecule has 0 saturated carbocycles. The summed E-state index contributed by atoms with van der Waals surface area (Å²) in [5.74, 6) is 0.113. The summed E-state index contributed by atoms with van der Waals surface area (Å²) in [5.41, 5.74) is 3.73. The second-order valence-corrected chi connectivity index (χ2v) is 8.56. The number of aromatic nitrogens is 4. The Morgan fingerprint density at radius 1 is 1.23 bits per heavy atom. The maximum atomic E-state index is 13.3. The molecule has 1 aromatic carbocycles. The number of nitrogens with zero attached hydrogens (tertiary/aromatic N) is 5. The number of nitrogens with one attached hydrogen (secondary N) is 1. The van der Waals surface area contributed by atoms with Gasteiger partial charge in [0.05, 0.1) is 18.3 Å². The van der Waals surface area contributed by atoms with E-state index < -0.39 is 0 Å². The third kappa shape index (κ3) is 2.71. The molecule has 6 rings (SSSR count). The number of H-pyrrole nitrogens is 1. The fraction of sp³-hybridized carbons (Fsp3) is 0.348. The van der Waals surface area contributed by atoms with Crippen molar-refractivity contribution in [3.63, 3.8) is 0 Å². The summed E-state index contributed by atoms with van der Waals surface area (Å²) in [5, 5.41) is 5.51. The number of carbonyl (C=O) groups excluding carboxylic acids is 2. The lowest BCUT2D eigenvalue weighted by Gasteiger charge is -2.25. The molecule has 0 radical (unpaired) electrons.